The summed E-state index contributed by atoms with van der Waals surface area (Å²) in [5.41, 5.74) is 1.25. The monoisotopic (exact) mass is 264 g/mol. The zero-order chi connectivity index (χ0) is 14.1. The number of benzene rings is 1. The molecule has 0 fully saturated rings. The van der Waals surface area contributed by atoms with Crippen LogP contribution in [0.15, 0.2) is 24.3 Å². The smallest absolute Gasteiger partial charge is 0.115 e. The van der Waals surface area contributed by atoms with Gasteiger partial charge in [0.25, 0.3) is 0 Å². The lowest BCUT2D eigenvalue weighted by Crippen LogP contribution is -2.34. The molecule has 0 amide bonds. The first-order valence-electron chi connectivity index (χ1n) is 7.45. The molecule has 3 heteroatoms. The van der Waals surface area contributed by atoms with E-state index >= 15 is 0 Å². The highest BCUT2D eigenvalue weighted by atomic mass is 16.3. The molecular formula is C16H28N2O. The summed E-state index contributed by atoms with van der Waals surface area (Å²) in [5.74, 6) is 0.332. The normalized spacial score (nSPS) is 12.8. The van der Waals surface area contributed by atoms with Crippen LogP contribution in [0.1, 0.15) is 45.2 Å². The Morgan fingerprint density at radius 3 is 2.32 bits per heavy atom. The first-order valence-corrected chi connectivity index (χ1v) is 7.45. The van der Waals surface area contributed by atoms with Crippen molar-refractivity contribution in [3.63, 3.8) is 0 Å². The van der Waals surface area contributed by atoms with Gasteiger partial charge in [-0.15, -0.1) is 0 Å². The van der Waals surface area contributed by atoms with Gasteiger partial charge in [0.1, 0.15) is 5.75 Å². The van der Waals surface area contributed by atoms with Crippen LogP contribution in [0.25, 0.3) is 0 Å². The predicted octanol–water partition coefficient (Wildman–Crippen LogP) is 3.16. The molecule has 108 valence electrons. The lowest BCUT2D eigenvalue weighted by molar-refractivity contribution is 0.282. The number of aromatic hydroxyl groups is 1. The summed E-state index contributed by atoms with van der Waals surface area (Å²) in [7, 11) is 0. The lowest BCUT2D eigenvalue weighted by atomic mass is 10.0. The molecular weight excluding hydrogens is 236 g/mol. The minimum Gasteiger partial charge on any atom is -0.508 e. The van der Waals surface area contributed by atoms with E-state index in [1.807, 2.05) is 12.1 Å². The topological polar surface area (TPSA) is 35.5 Å². The van der Waals surface area contributed by atoms with Gasteiger partial charge >= 0.3 is 0 Å². The molecule has 0 aliphatic carbocycles. The fourth-order valence-corrected chi connectivity index (χ4v) is 2.35. The van der Waals surface area contributed by atoms with E-state index in [4.69, 9.17) is 0 Å². The highest BCUT2D eigenvalue weighted by Gasteiger charge is 2.09. The summed E-state index contributed by atoms with van der Waals surface area (Å²) < 4.78 is 0. The minimum absolute atomic E-state index is 0.332. The zero-order valence-electron chi connectivity index (χ0n) is 12.5. The van der Waals surface area contributed by atoms with Crippen LogP contribution in [0.2, 0.25) is 0 Å². The molecule has 19 heavy (non-hydrogen) atoms. The Labute approximate surface area is 117 Å². The van der Waals surface area contributed by atoms with Gasteiger partial charge in [0, 0.05) is 19.1 Å². The number of likely N-dealkylation sites (N-methyl/N-ethyl adjacent to an activating group) is 1. The highest BCUT2D eigenvalue weighted by molar-refractivity contribution is 5.27. The van der Waals surface area contributed by atoms with E-state index in [1.54, 1.807) is 12.1 Å². The maximum Gasteiger partial charge on any atom is 0.115 e. The van der Waals surface area contributed by atoms with Gasteiger partial charge in [-0.1, -0.05) is 32.9 Å². The Balaban J connectivity index is 2.42. The standard InChI is InChI=1S/C16H28N2O/c1-4-12-18(6-3)13-11-17-16(5-2)14-7-9-15(19)10-8-14/h7-10,16-17,19H,4-6,11-13H2,1-3H3. The average molecular weight is 264 g/mol. The largest absolute Gasteiger partial charge is 0.508 e. The van der Waals surface area contributed by atoms with Crippen molar-refractivity contribution in [3.05, 3.63) is 29.8 Å². The van der Waals surface area contributed by atoms with Gasteiger partial charge in [-0.25, -0.2) is 0 Å². The number of phenolic OH excluding ortho intramolecular Hbond substituents is 1. The van der Waals surface area contributed by atoms with E-state index in [-0.39, 0.29) is 0 Å². The number of hydrogen-bond donors (Lipinski definition) is 2. The van der Waals surface area contributed by atoms with E-state index in [1.165, 1.54) is 18.5 Å². The van der Waals surface area contributed by atoms with Crippen LogP contribution in [0.5, 0.6) is 5.75 Å². The van der Waals surface area contributed by atoms with Crippen LogP contribution in [-0.4, -0.2) is 36.2 Å². The van der Waals surface area contributed by atoms with Crippen molar-refractivity contribution >= 4 is 0 Å². The first-order chi connectivity index (χ1) is 9.21. The second-order valence-corrected chi connectivity index (χ2v) is 4.94. The summed E-state index contributed by atoms with van der Waals surface area (Å²) in [6.45, 7) is 11.0. The van der Waals surface area contributed by atoms with Crippen molar-refractivity contribution in [2.45, 2.75) is 39.7 Å². The molecule has 0 saturated heterocycles. The van der Waals surface area contributed by atoms with Crippen molar-refractivity contribution in [1.82, 2.24) is 10.2 Å². The quantitative estimate of drug-likeness (QED) is 0.719. The van der Waals surface area contributed by atoms with Gasteiger partial charge in [0.05, 0.1) is 0 Å². The SMILES string of the molecule is CCCN(CC)CCNC(CC)c1ccc(O)cc1. The minimum atomic E-state index is 0.332. The summed E-state index contributed by atoms with van der Waals surface area (Å²) >= 11 is 0. The molecule has 3 nitrogen and oxygen atoms in total. The van der Waals surface area contributed by atoms with Gasteiger partial charge in [0.2, 0.25) is 0 Å². The lowest BCUT2D eigenvalue weighted by Gasteiger charge is -2.23. The van der Waals surface area contributed by atoms with E-state index in [0.717, 1.165) is 26.1 Å². The maximum atomic E-state index is 9.32. The Bertz CT molecular complexity index is 337. The third-order valence-electron chi connectivity index (χ3n) is 3.51. The summed E-state index contributed by atoms with van der Waals surface area (Å²) in [5, 5.41) is 12.9. The third kappa shape index (κ3) is 5.62. The Morgan fingerprint density at radius 1 is 1.11 bits per heavy atom. The molecule has 0 aliphatic rings. The van der Waals surface area contributed by atoms with E-state index in [0.29, 0.717) is 11.8 Å². The molecule has 0 saturated carbocycles. The molecule has 0 aliphatic heterocycles. The van der Waals surface area contributed by atoms with Gasteiger partial charge in [-0.05, 0) is 43.6 Å². The van der Waals surface area contributed by atoms with Crippen LogP contribution in [0.3, 0.4) is 0 Å². The average Bonchev–Trinajstić information content (AvgIpc) is 2.43. The second kappa shape index (κ2) is 8.94. The summed E-state index contributed by atoms with van der Waals surface area (Å²) in [6, 6.07) is 7.89. The van der Waals surface area contributed by atoms with Crippen molar-refractivity contribution < 1.29 is 5.11 Å². The molecule has 1 unspecified atom stereocenters. The molecule has 1 aromatic carbocycles. The van der Waals surface area contributed by atoms with Gasteiger partial charge in [-0.3, -0.25) is 0 Å². The highest BCUT2D eigenvalue weighted by Crippen LogP contribution is 2.19. The number of nitrogens with one attached hydrogen (secondary N) is 1. The third-order valence-corrected chi connectivity index (χ3v) is 3.51. The molecule has 1 aromatic rings. The van der Waals surface area contributed by atoms with Crippen LogP contribution in [0.4, 0.5) is 0 Å². The van der Waals surface area contributed by atoms with Crippen molar-refractivity contribution in [3.8, 4) is 5.75 Å². The fraction of sp³-hybridized carbons (Fsp3) is 0.625. The van der Waals surface area contributed by atoms with Crippen LogP contribution in [0, 0.1) is 0 Å². The number of nitrogens with zero attached hydrogens (tertiary/aromatic N) is 1. The molecule has 0 heterocycles. The second-order valence-electron chi connectivity index (χ2n) is 4.94. The Hall–Kier alpha value is -1.06. The molecule has 0 spiro atoms. The van der Waals surface area contributed by atoms with Gasteiger partial charge in [0.15, 0.2) is 0 Å². The van der Waals surface area contributed by atoms with Crippen molar-refractivity contribution in [2.75, 3.05) is 26.2 Å². The zero-order valence-corrected chi connectivity index (χ0v) is 12.5. The van der Waals surface area contributed by atoms with Crippen molar-refractivity contribution in [1.29, 1.82) is 0 Å². The van der Waals surface area contributed by atoms with Crippen molar-refractivity contribution in [2.24, 2.45) is 0 Å². The Morgan fingerprint density at radius 2 is 1.79 bits per heavy atom. The summed E-state index contributed by atoms with van der Waals surface area (Å²) in [6.07, 6.45) is 2.27. The Kier molecular flexibility index (Phi) is 7.53. The molecule has 0 radical (unpaired) electrons. The maximum absolute atomic E-state index is 9.32. The fourth-order valence-electron chi connectivity index (χ4n) is 2.35. The number of phenols is 1. The van der Waals surface area contributed by atoms with Crippen LogP contribution >= 0.6 is 0 Å². The molecule has 2 N–H and O–H groups in total. The van der Waals surface area contributed by atoms with Crippen LogP contribution in [-0.2, 0) is 0 Å². The number of hydrogen-bond acceptors (Lipinski definition) is 3. The van der Waals surface area contributed by atoms with Crippen LogP contribution < -0.4 is 5.32 Å². The van der Waals surface area contributed by atoms with E-state index < -0.39 is 0 Å². The summed E-state index contributed by atoms with van der Waals surface area (Å²) in [4.78, 5) is 2.47. The van der Waals surface area contributed by atoms with Gasteiger partial charge in [-0.2, -0.15) is 0 Å². The van der Waals surface area contributed by atoms with E-state index in [2.05, 4.69) is 31.0 Å². The predicted molar refractivity (Wildman–Crippen MR) is 81.5 cm³/mol. The van der Waals surface area contributed by atoms with E-state index in [9.17, 15) is 5.11 Å². The van der Waals surface area contributed by atoms with Gasteiger partial charge < -0.3 is 15.3 Å². The molecule has 1 atom stereocenters. The molecule has 1 rings (SSSR count). The first kappa shape index (κ1) is 16.0. The molecule has 0 bridgehead atoms. The number of rotatable bonds is 9. The molecule has 0 aromatic heterocycles.